The molecule has 1 fully saturated rings. The number of carbonyl (C=O) groups excluding carboxylic acids is 3. The maximum absolute atomic E-state index is 13.6. The van der Waals surface area contributed by atoms with Crippen LogP contribution in [0.4, 0.5) is 9.59 Å². The minimum Gasteiger partial charge on any atom is -0.496 e. The summed E-state index contributed by atoms with van der Waals surface area (Å²) in [4.78, 5) is 66.8. The van der Waals surface area contributed by atoms with Crippen molar-refractivity contribution in [3.63, 3.8) is 0 Å². The van der Waals surface area contributed by atoms with Crippen LogP contribution in [0.2, 0.25) is 0 Å². The van der Waals surface area contributed by atoms with Crippen LogP contribution in [0, 0.1) is 29.1 Å². The predicted octanol–water partition coefficient (Wildman–Crippen LogP) is 6.80. The molecular weight excluding hydrogens is 644 g/mol. The van der Waals surface area contributed by atoms with Crippen LogP contribution in [0.5, 0.6) is 5.75 Å². The molecule has 12 heteroatoms. The van der Waals surface area contributed by atoms with Crippen molar-refractivity contribution in [3.8, 4) is 5.75 Å². The van der Waals surface area contributed by atoms with E-state index in [1.807, 2.05) is 0 Å². The zero-order chi connectivity index (χ0) is 38.4. The zero-order valence-electron chi connectivity index (χ0n) is 31.6. The number of fused-ring (bicyclic) bond motifs is 1. The summed E-state index contributed by atoms with van der Waals surface area (Å²) >= 11 is 0. The number of amides is 2. The number of rotatable bonds is 11. The van der Waals surface area contributed by atoms with Gasteiger partial charge in [-0.25, -0.2) is 19.2 Å². The van der Waals surface area contributed by atoms with Gasteiger partial charge in [0.1, 0.15) is 17.0 Å². The average Bonchev–Trinajstić information content (AvgIpc) is 2.94. The molecule has 2 unspecified atom stereocenters. The second kappa shape index (κ2) is 13.8. The molecule has 4 atom stereocenters. The molecule has 0 heterocycles. The summed E-state index contributed by atoms with van der Waals surface area (Å²) in [5, 5.41) is 27.2. The summed E-state index contributed by atoms with van der Waals surface area (Å²) in [6.07, 6.45) is 3.73. The summed E-state index contributed by atoms with van der Waals surface area (Å²) in [5.74, 6) is -4.77. The lowest BCUT2D eigenvalue weighted by Gasteiger charge is -2.54. The van der Waals surface area contributed by atoms with Crippen LogP contribution < -0.4 is 15.4 Å². The topological polar surface area (TPSA) is 178 Å². The number of hydrogen-bond acceptors (Lipinski definition) is 8. The van der Waals surface area contributed by atoms with Crippen LogP contribution in [0.25, 0.3) is 6.08 Å². The van der Waals surface area contributed by atoms with E-state index in [2.05, 4.69) is 24.5 Å². The van der Waals surface area contributed by atoms with Gasteiger partial charge in [0.25, 0.3) is 0 Å². The number of nitrogens with one attached hydrogen (secondary N) is 2. The highest BCUT2D eigenvalue weighted by atomic mass is 16.6. The monoisotopic (exact) mass is 698 g/mol. The maximum atomic E-state index is 13.6. The van der Waals surface area contributed by atoms with Crippen molar-refractivity contribution in [2.75, 3.05) is 7.11 Å². The molecule has 0 saturated heterocycles. The van der Waals surface area contributed by atoms with Gasteiger partial charge in [0.15, 0.2) is 16.9 Å². The molecule has 276 valence electrons. The van der Waals surface area contributed by atoms with Gasteiger partial charge in [-0.2, -0.15) is 0 Å². The molecule has 0 radical (unpaired) electrons. The quantitative estimate of drug-likeness (QED) is 0.192. The van der Waals surface area contributed by atoms with Gasteiger partial charge in [0, 0.05) is 11.5 Å². The number of hydrogen-bond donors (Lipinski definition) is 4. The highest BCUT2D eigenvalue weighted by Crippen LogP contribution is 2.58. The lowest BCUT2D eigenvalue weighted by molar-refractivity contribution is -0.150. The fourth-order valence-electron chi connectivity index (χ4n) is 7.08. The first-order valence-electron chi connectivity index (χ1n) is 16.9. The molecule has 1 saturated carbocycles. The third kappa shape index (κ3) is 7.54. The van der Waals surface area contributed by atoms with Gasteiger partial charge in [-0.1, -0.05) is 53.7 Å². The number of allylic oxidation sites excluding steroid dienone is 3. The third-order valence-electron chi connectivity index (χ3n) is 9.76. The van der Waals surface area contributed by atoms with Crippen molar-refractivity contribution in [1.82, 2.24) is 10.6 Å². The molecule has 50 heavy (non-hydrogen) atoms. The molecule has 0 aromatic heterocycles. The van der Waals surface area contributed by atoms with Crippen molar-refractivity contribution in [2.24, 2.45) is 29.1 Å². The number of carboxylic acids is 2. The first-order valence-corrected chi connectivity index (χ1v) is 16.9. The van der Waals surface area contributed by atoms with Crippen molar-refractivity contribution in [2.45, 2.75) is 112 Å². The summed E-state index contributed by atoms with van der Waals surface area (Å²) < 4.78 is 16.8. The van der Waals surface area contributed by atoms with Crippen LogP contribution in [0.3, 0.4) is 0 Å². The number of methoxy groups -OCH3 is 1. The molecule has 0 aliphatic heterocycles. The van der Waals surface area contributed by atoms with E-state index in [1.54, 1.807) is 87.5 Å². The molecule has 2 bridgehead atoms. The molecule has 1 aromatic carbocycles. The number of benzene rings is 1. The van der Waals surface area contributed by atoms with E-state index in [-0.39, 0.29) is 39.9 Å². The molecule has 0 spiro atoms. The van der Waals surface area contributed by atoms with E-state index in [0.717, 1.165) is 12.0 Å². The number of ketones is 1. The van der Waals surface area contributed by atoms with Crippen molar-refractivity contribution >= 4 is 36.0 Å². The van der Waals surface area contributed by atoms with Crippen LogP contribution in [0.15, 0.2) is 29.9 Å². The standard InChI is InChI=1S/C38H54N2O10/c1-20(2)37(30(42)43,39-32(46)49-34(5,6)7)26-16-22(14-15-23-18-27(41)25-19-24(23)36(25,11)12)17-28(48-13)29(26)38(21(3)4,31(44)45)40-33(47)50-35(8,9)10/h14-18,20-21,24-25H,19H2,1-13H3,(H,39,46)(H,40,47)(H,42,43)(H,44,45)/b15-14+/t24-,25+,37?,38?/m0/s1. The number of carbonyl (C=O) groups is 5. The first kappa shape index (κ1) is 40.1. The maximum Gasteiger partial charge on any atom is 0.408 e. The average molecular weight is 699 g/mol. The van der Waals surface area contributed by atoms with E-state index in [9.17, 15) is 34.2 Å². The van der Waals surface area contributed by atoms with Gasteiger partial charge in [0.05, 0.1) is 7.11 Å². The van der Waals surface area contributed by atoms with Crippen LogP contribution in [-0.2, 0) is 34.9 Å². The minimum absolute atomic E-state index is 0.0329. The van der Waals surface area contributed by atoms with Crippen LogP contribution in [0.1, 0.15) is 106 Å². The number of carboxylic acid groups (broad SMARTS) is 2. The Kier molecular flexibility index (Phi) is 11.0. The van der Waals surface area contributed by atoms with E-state index >= 15 is 0 Å². The Bertz CT molecular complexity index is 1610. The van der Waals surface area contributed by atoms with E-state index < -0.39 is 58.2 Å². The minimum atomic E-state index is -2.33. The Balaban J connectivity index is 2.47. The molecule has 12 nitrogen and oxygen atoms in total. The van der Waals surface area contributed by atoms with Crippen molar-refractivity contribution in [3.05, 3.63) is 46.5 Å². The first-order chi connectivity index (χ1) is 22.7. The fourth-order valence-corrected chi connectivity index (χ4v) is 7.08. The van der Waals surface area contributed by atoms with Crippen LogP contribution >= 0.6 is 0 Å². The Morgan fingerprint density at radius 1 is 0.820 bits per heavy atom. The van der Waals surface area contributed by atoms with Gasteiger partial charge in [-0.05, 0) is 106 Å². The Morgan fingerprint density at radius 3 is 1.68 bits per heavy atom. The Morgan fingerprint density at radius 2 is 1.30 bits per heavy atom. The molecule has 1 aromatic rings. The van der Waals surface area contributed by atoms with Gasteiger partial charge >= 0.3 is 24.1 Å². The van der Waals surface area contributed by atoms with Crippen molar-refractivity contribution in [1.29, 1.82) is 0 Å². The molecule has 4 rings (SSSR count). The molecule has 2 amide bonds. The lowest BCUT2D eigenvalue weighted by Crippen LogP contribution is -2.61. The smallest absolute Gasteiger partial charge is 0.408 e. The molecule has 3 aliphatic rings. The summed E-state index contributed by atoms with van der Waals surface area (Å²) in [6, 6.07) is 3.00. The van der Waals surface area contributed by atoms with Gasteiger partial charge < -0.3 is 35.1 Å². The van der Waals surface area contributed by atoms with Gasteiger partial charge in [-0.15, -0.1) is 0 Å². The molecule has 3 aliphatic carbocycles. The second-order valence-electron chi connectivity index (χ2n) is 16.5. The van der Waals surface area contributed by atoms with E-state index in [4.69, 9.17) is 14.2 Å². The summed E-state index contributed by atoms with van der Waals surface area (Å²) in [6.45, 7) is 20.1. The molecular formula is C38H54N2O10. The van der Waals surface area contributed by atoms with Crippen molar-refractivity contribution < 1.29 is 48.4 Å². The van der Waals surface area contributed by atoms with E-state index in [1.165, 1.54) is 19.2 Å². The third-order valence-corrected chi connectivity index (χ3v) is 9.76. The highest BCUT2D eigenvalue weighted by molar-refractivity contribution is 5.97. The van der Waals surface area contributed by atoms with Gasteiger partial charge in [0.2, 0.25) is 0 Å². The Labute approximate surface area is 295 Å². The lowest BCUT2D eigenvalue weighted by atomic mass is 9.48. The fraction of sp³-hybridized carbons (Fsp3) is 0.605. The zero-order valence-corrected chi connectivity index (χ0v) is 31.6. The van der Waals surface area contributed by atoms with Crippen LogP contribution in [-0.4, -0.2) is 58.4 Å². The largest absolute Gasteiger partial charge is 0.496 e. The Hall–Kier alpha value is -4.35. The highest BCUT2D eigenvalue weighted by Gasteiger charge is 2.57. The van der Waals surface area contributed by atoms with E-state index in [0.29, 0.717) is 5.56 Å². The van der Waals surface area contributed by atoms with Gasteiger partial charge in [-0.3, -0.25) is 4.79 Å². The SMILES string of the molecule is COc1cc(/C=C/C2=CC(=O)[C@H]3C[C@@H]2C3(C)C)cc(C(NC(=O)OC(C)(C)C)(C(=O)O)C(C)C)c1C(NC(=O)OC(C)(C)C)(C(=O)O)C(C)C. The summed E-state index contributed by atoms with van der Waals surface area (Å²) in [7, 11) is 1.30. The number of alkyl carbamates (subject to hydrolysis) is 2. The number of ether oxygens (including phenoxy) is 3. The normalized spacial score (nSPS) is 21.0. The predicted molar refractivity (Wildman–Crippen MR) is 188 cm³/mol. The molecule has 4 N–H and O–H groups in total. The second-order valence-corrected chi connectivity index (χ2v) is 16.5. The summed E-state index contributed by atoms with van der Waals surface area (Å²) in [5.41, 5.74) is -6.01. The number of aliphatic carboxylic acids is 2.